The van der Waals surface area contributed by atoms with Gasteiger partial charge in [-0.1, -0.05) is 23.1 Å². The number of hydrogen-bond donors (Lipinski definition) is 3. The molecule has 19 heavy (non-hydrogen) atoms. The molecule has 0 aliphatic carbocycles. The van der Waals surface area contributed by atoms with Crippen LogP contribution in [-0.4, -0.2) is 40.7 Å². The lowest BCUT2D eigenvalue weighted by molar-refractivity contribution is 0.595. The van der Waals surface area contributed by atoms with Gasteiger partial charge in [-0.25, -0.2) is 8.42 Å². The Hall–Kier alpha value is -0.910. The average Bonchev–Trinajstić information content (AvgIpc) is 2.93. The van der Waals surface area contributed by atoms with E-state index < -0.39 is 9.84 Å². The van der Waals surface area contributed by atoms with Gasteiger partial charge in [-0.2, -0.15) is 5.10 Å². The SMILES string of the molecule is Nc1nnc(CCS(=O)(=O)CCC2=NNC(N)S2)s1. The largest absolute Gasteiger partial charge is 0.374 e. The molecule has 11 heteroatoms. The van der Waals surface area contributed by atoms with Crippen molar-refractivity contribution in [2.45, 2.75) is 18.3 Å². The van der Waals surface area contributed by atoms with E-state index in [1.54, 1.807) is 0 Å². The molecular formula is C8H14N6O2S3. The van der Waals surface area contributed by atoms with Crippen LogP contribution in [0.1, 0.15) is 11.4 Å². The molecule has 8 nitrogen and oxygen atoms in total. The summed E-state index contributed by atoms with van der Waals surface area (Å²) in [5, 5.41) is 13.1. The Bertz CT molecular complexity index is 569. The molecule has 0 fully saturated rings. The summed E-state index contributed by atoms with van der Waals surface area (Å²) in [4.78, 5) is 0. The number of aryl methyl sites for hydroxylation is 1. The first kappa shape index (κ1) is 14.5. The van der Waals surface area contributed by atoms with Crippen LogP contribution in [0.5, 0.6) is 0 Å². The van der Waals surface area contributed by atoms with E-state index in [-0.39, 0.29) is 17.0 Å². The van der Waals surface area contributed by atoms with Crippen molar-refractivity contribution in [3.8, 4) is 0 Å². The zero-order valence-corrected chi connectivity index (χ0v) is 12.4. The summed E-state index contributed by atoms with van der Waals surface area (Å²) in [6.07, 6.45) is 0.723. The van der Waals surface area contributed by atoms with Gasteiger partial charge >= 0.3 is 0 Å². The number of sulfone groups is 1. The quantitative estimate of drug-likeness (QED) is 0.629. The van der Waals surface area contributed by atoms with Crippen LogP contribution in [-0.2, 0) is 16.3 Å². The molecule has 1 atom stereocenters. The average molecular weight is 322 g/mol. The number of hydrogen-bond acceptors (Lipinski definition) is 10. The molecule has 2 heterocycles. The number of anilines is 1. The lowest BCUT2D eigenvalue weighted by atomic mass is 10.5. The number of nitrogen functional groups attached to an aromatic ring is 1. The molecule has 1 unspecified atom stereocenters. The van der Waals surface area contributed by atoms with Crippen LogP contribution < -0.4 is 16.9 Å². The summed E-state index contributed by atoms with van der Waals surface area (Å²) < 4.78 is 23.7. The van der Waals surface area contributed by atoms with E-state index in [1.807, 2.05) is 0 Å². The highest BCUT2D eigenvalue weighted by atomic mass is 32.2. The molecule has 0 bridgehead atoms. The van der Waals surface area contributed by atoms with Gasteiger partial charge in [0.05, 0.1) is 16.5 Å². The highest BCUT2D eigenvalue weighted by Gasteiger charge is 2.19. The third-order valence-corrected chi connectivity index (χ3v) is 5.71. The van der Waals surface area contributed by atoms with Crippen molar-refractivity contribution >= 4 is 43.1 Å². The number of aromatic nitrogens is 2. The molecule has 0 aromatic carbocycles. The minimum absolute atomic E-state index is 0.0407. The maximum absolute atomic E-state index is 11.9. The van der Waals surface area contributed by atoms with Crippen molar-refractivity contribution in [1.29, 1.82) is 0 Å². The molecule has 0 saturated carbocycles. The Morgan fingerprint density at radius 3 is 2.58 bits per heavy atom. The zero-order chi connectivity index (χ0) is 13.9. The first-order valence-electron chi connectivity index (χ1n) is 5.47. The fourth-order valence-electron chi connectivity index (χ4n) is 1.41. The van der Waals surface area contributed by atoms with Crippen molar-refractivity contribution in [3.05, 3.63) is 5.01 Å². The zero-order valence-electron chi connectivity index (χ0n) is 9.94. The summed E-state index contributed by atoms with van der Waals surface area (Å²) in [5.74, 6) is 0.0978. The molecule has 1 aromatic rings. The molecule has 2 rings (SSSR count). The predicted octanol–water partition coefficient (Wildman–Crippen LogP) is -0.640. The molecule has 0 amide bonds. The molecule has 1 aromatic heterocycles. The van der Waals surface area contributed by atoms with E-state index in [0.29, 0.717) is 23.0 Å². The van der Waals surface area contributed by atoms with Crippen LogP contribution in [0.15, 0.2) is 5.10 Å². The lowest BCUT2D eigenvalue weighted by Crippen LogP contribution is -2.25. The van der Waals surface area contributed by atoms with E-state index in [4.69, 9.17) is 11.5 Å². The molecule has 1 aliphatic heterocycles. The minimum atomic E-state index is -3.14. The second-order valence-electron chi connectivity index (χ2n) is 3.86. The van der Waals surface area contributed by atoms with E-state index in [0.717, 1.165) is 5.04 Å². The Morgan fingerprint density at radius 2 is 2.00 bits per heavy atom. The van der Waals surface area contributed by atoms with E-state index in [1.165, 1.54) is 23.1 Å². The van der Waals surface area contributed by atoms with Crippen molar-refractivity contribution in [2.24, 2.45) is 10.8 Å². The Balaban J connectivity index is 1.79. The summed E-state index contributed by atoms with van der Waals surface area (Å²) in [6.45, 7) is 0. The van der Waals surface area contributed by atoms with Gasteiger partial charge in [0, 0.05) is 12.8 Å². The standard InChI is InChI=1S/C8H14N6O2S3/c9-7-13-11-5(17-7)1-3-19(15,16)4-2-6-12-14-8(10)18-6/h7,13H,1-4,9H2,(H2,10,14). The van der Waals surface area contributed by atoms with E-state index in [9.17, 15) is 8.42 Å². The number of rotatable bonds is 6. The van der Waals surface area contributed by atoms with Crippen molar-refractivity contribution in [3.63, 3.8) is 0 Å². The fraction of sp³-hybridized carbons (Fsp3) is 0.625. The van der Waals surface area contributed by atoms with Crippen LogP contribution in [0.2, 0.25) is 0 Å². The van der Waals surface area contributed by atoms with Gasteiger partial charge in [0.1, 0.15) is 10.5 Å². The van der Waals surface area contributed by atoms with E-state index >= 15 is 0 Å². The fourth-order valence-corrected chi connectivity index (χ4v) is 4.21. The Labute approximate surface area is 119 Å². The van der Waals surface area contributed by atoms with Crippen LogP contribution >= 0.6 is 23.1 Å². The minimum Gasteiger partial charge on any atom is -0.374 e. The third kappa shape index (κ3) is 4.60. The van der Waals surface area contributed by atoms with E-state index in [2.05, 4.69) is 20.7 Å². The van der Waals surface area contributed by atoms with Gasteiger partial charge in [-0.15, -0.1) is 10.2 Å². The normalized spacial score (nSPS) is 19.2. The lowest BCUT2D eigenvalue weighted by Gasteiger charge is -2.02. The van der Waals surface area contributed by atoms with Crippen LogP contribution in [0.3, 0.4) is 0 Å². The highest BCUT2D eigenvalue weighted by Crippen LogP contribution is 2.17. The monoisotopic (exact) mass is 322 g/mol. The van der Waals surface area contributed by atoms with Gasteiger partial charge in [0.2, 0.25) is 5.13 Å². The topological polar surface area (TPSA) is 136 Å². The number of nitrogens with two attached hydrogens (primary N) is 2. The van der Waals surface area contributed by atoms with Gasteiger partial charge in [-0.05, 0) is 0 Å². The predicted molar refractivity (Wildman–Crippen MR) is 77.4 cm³/mol. The number of thioether (sulfide) groups is 1. The number of nitrogens with one attached hydrogen (secondary N) is 1. The Kier molecular flexibility index (Phi) is 4.60. The molecule has 1 aliphatic rings. The molecular weight excluding hydrogens is 308 g/mol. The summed E-state index contributed by atoms with van der Waals surface area (Å²) in [7, 11) is -3.14. The molecule has 0 radical (unpaired) electrons. The summed E-state index contributed by atoms with van der Waals surface area (Å²) in [5.41, 5.74) is 13.4. The van der Waals surface area contributed by atoms with Gasteiger partial charge < -0.3 is 11.5 Å². The first-order valence-corrected chi connectivity index (χ1v) is 8.99. The van der Waals surface area contributed by atoms with Crippen LogP contribution in [0, 0.1) is 0 Å². The van der Waals surface area contributed by atoms with Gasteiger partial charge in [0.25, 0.3) is 0 Å². The van der Waals surface area contributed by atoms with Crippen molar-refractivity contribution in [1.82, 2.24) is 15.6 Å². The highest BCUT2D eigenvalue weighted by molar-refractivity contribution is 8.14. The van der Waals surface area contributed by atoms with Gasteiger partial charge in [-0.3, -0.25) is 5.43 Å². The molecule has 0 saturated heterocycles. The van der Waals surface area contributed by atoms with Crippen molar-refractivity contribution < 1.29 is 8.42 Å². The van der Waals surface area contributed by atoms with Crippen LogP contribution in [0.4, 0.5) is 5.13 Å². The second-order valence-corrected chi connectivity index (χ2v) is 8.47. The van der Waals surface area contributed by atoms with Crippen molar-refractivity contribution in [2.75, 3.05) is 17.2 Å². The number of hydrazone groups is 1. The third-order valence-electron chi connectivity index (χ3n) is 2.32. The summed E-state index contributed by atoms with van der Waals surface area (Å²) in [6, 6.07) is 0. The first-order chi connectivity index (χ1) is 8.94. The van der Waals surface area contributed by atoms with Crippen LogP contribution in [0.25, 0.3) is 0 Å². The van der Waals surface area contributed by atoms with Gasteiger partial charge in [0.15, 0.2) is 9.84 Å². The maximum atomic E-state index is 11.9. The Morgan fingerprint density at radius 1 is 1.26 bits per heavy atom. The second kappa shape index (κ2) is 6.03. The molecule has 5 N–H and O–H groups in total. The maximum Gasteiger partial charge on any atom is 0.203 e. The number of nitrogens with zero attached hydrogens (tertiary/aromatic N) is 3. The molecule has 106 valence electrons. The smallest absolute Gasteiger partial charge is 0.203 e. The molecule has 0 spiro atoms. The summed E-state index contributed by atoms with van der Waals surface area (Å²) >= 11 is 2.55.